The lowest BCUT2D eigenvalue weighted by molar-refractivity contribution is 0.146. The molecule has 1 aliphatic rings. The Morgan fingerprint density at radius 1 is 1.32 bits per heavy atom. The average Bonchev–Trinajstić information content (AvgIpc) is 2.85. The number of hydrogen-bond acceptors (Lipinski definition) is 4. The van der Waals surface area contributed by atoms with E-state index >= 15 is 0 Å². The molecular weight excluding hydrogens is 264 g/mol. The van der Waals surface area contributed by atoms with Crippen molar-refractivity contribution in [3.8, 4) is 0 Å². The highest BCUT2D eigenvalue weighted by Gasteiger charge is 2.17. The number of rotatable bonds is 7. The summed E-state index contributed by atoms with van der Waals surface area (Å²) in [4.78, 5) is 0.339. The summed E-state index contributed by atoms with van der Waals surface area (Å²) in [5.41, 5.74) is 2.24. The van der Waals surface area contributed by atoms with Crippen molar-refractivity contribution in [2.75, 3.05) is 19.8 Å². The zero-order chi connectivity index (χ0) is 13.7. The van der Waals surface area contributed by atoms with Crippen molar-refractivity contribution >= 4 is 10.0 Å². The molecular formula is C13H20N2O3S. The summed E-state index contributed by atoms with van der Waals surface area (Å²) in [5, 5.41) is 3.20. The predicted molar refractivity (Wildman–Crippen MR) is 73.3 cm³/mol. The Bertz CT molecular complexity index is 529. The number of ether oxygens (including phenoxy) is 1. The Morgan fingerprint density at radius 3 is 2.89 bits per heavy atom. The molecule has 0 spiro atoms. The summed E-state index contributed by atoms with van der Waals surface area (Å²) in [6.45, 7) is 5.11. The van der Waals surface area contributed by atoms with Crippen LogP contribution in [0.5, 0.6) is 0 Å². The van der Waals surface area contributed by atoms with E-state index in [4.69, 9.17) is 4.74 Å². The van der Waals surface area contributed by atoms with Crippen LogP contribution in [0.15, 0.2) is 23.1 Å². The molecule has 5 nitrogen and oxygen atoms in total. The van der Waals surface area contributed by atoms with Gasteiger partial charge >= 0.3 is 0 Å². The van der Waals surface area contributed by atoms with Gasteiger partial charge in [0.05, 0.1) is 4.90 Å². The highest BCUT2D eigenvalue weighted by Crippen LogP contribution is 2.19. The molecule has 0 bridgehead atoms. The molecule has 0 saturated carbocycles. The molecule has 0 fully saturated rings. The second-order valence-electron chi connectivity index (χ2n) is 4.48. The SMILES string of the molecule is CCOCCCNS(=O)(=O)c1ccc2c(c1)CNC2. The first kappa shape index (κ1) is 14.5. The first-order valence-corrected chi connectivity index (χ1v) is 8.02. The molecule has 1 aromatic carbocycles. The Morgan fingerprint density at radius 2 is 2.11 bits per heavy atom. The van der Waals surface area contributed by atoms with Gasteiger partial charge in [-0.1, -0.05) is 6.07 Å². The molecule has 0 aliphatic carbocycles. The van der Waals surface area contributed by atoms with Crippen LogP contribution in [0.1, 0.15) is 24.5 Å². The summed E-state index contributed by atoms with van der Waals surface area (Å²) in [7, 11) is -3.40. The second-order valence-corrected chi connectivity index (χ2v) is 6.25. The van der Waals surface area contributed by atoms with Crippen LogP contribution in [0.2, 0.25) is 0 Å². The lowest BCUT2D eigenvalue weighted by atomic mass is 10.1. The summed E-state index contributed by atoms with van der Waals surface area (Å²) in [5.74, 6) is 0. The fourth-order valence-electron chi connectivity index (χ4n) is 2.05. The molecule has 0 radical (unpaired) electrons. The molecule has 1 aromatic rings. The van der Waals surface area contributed by atoms with E-state index < -0.39 is 10.0 Å². The minimum atomic E-state index is -3.40. The van der Waals surface area contributed by atoms with E-state index in [1.165, 1.54) is 5.56 Å². The summed E-state index contributed by atoms with van der Waals surface area (Å²) in [6.07, 6.45) is 0.680. The van der Waals surface area contributed by atoms with Crippen LogP contribution in [0.3, 0.4) is 0 Å². The van der Waals surface area contributed by atoms with Gasteiger partial charge in [-0.05, 0) is 36.6 Å². The number of nitrogens with one attached hydrogen (secondary N) is 2. The van der Waals surface area contributed by atoms with E-state index in [2.05, 4.69) is 10.0 Å². The predicted octanol–water partition coefficient (Wildman–Crippen LogP) is 0.995. The van der Waals surface area contributed by atoms with Crippen LogP contribution >= 0.6 is 0 Å². The maximum atomic E-state index is 12.1. The van der Waals surface area contributed by atoms with Gasteiger partial charge < -0.3 is 10.1 Å². The fraction of sp³-hybridized carbons (Fsp3) is 0.538. The zero-order valence-electron chi connectivity index (χ0n) is 11.1. The highest BCUT2D eigenvalue weighted by molar-refractivity contribution is 7.89. The fourth-order valence-corrected chi connectivity index (χ4v) is 3.17. The van der Waals surface area contributed by atoms with Crippen molar-refractivity contribution in [2.45, 2.75) is 31.3 Å². The zero-order valence-corrected chi connectivity index (χ0v) is 11.9. The van der Waals surface area contributed by atoms with E-state index in [1.54, 1.807) is 12.1 Å². The molecule has 0 saturated heterocycles. The summed E-state index contributed by atoms with van der Waals surface area (Å²) >= 11 is 0. The topological polar surface area (TPSA) is 67.4 Å². The average molecular weight is 284 g/mol. The van der Waals surface area contributed by atoms with E-state index in [-0.39, 0.29) is 0 Å². The van der Waals surface area contributed by atoms with E-state index in [1.807, 2.05) is 13.0 Å². The molecule has 0 unspecified atom stereocenters. The lowest BCUT2D eigenvalue weighted by Gasteiger charge is -2.08. The highest BCUT2D eigenvalue weighted by atomic mass is 32.2. The number of benzene rings is 1. The summed E-state index contributed by atoms with van der Waals surface area (Å²) < 4.78 is 32.0. The van der Waals surface area contributed by atoms with Crippen molar-refractivity contribution in [3.05, 3.63) is 29.3 Å². The first-order valence-electron chi connectivity index (χ1n) is 6.53. The molecule has 2 rings (SSSR count). The Labute approximate surface area is 114 Å². The number of fused-ring (bicyclic) bond motifs is 1. The van der Waals surface area contributed by atoms with Crippen molar-refractivity contribution in [2.24, 2.45) is 0 Å². The third-order valence-electron chi connectivity index (χ3n) is 3.08. The quantitative estimate of drug-likeness (QED) is 0.733. The Kier molecular flexibility index (Phi) is 4.93. The van der Waals surface area contributed by atoms with Crippen molar-refractivity contribution in [1.29, 1.82) is 0 Å². The standard InChI is InChI=1S/C13H20N2O3S/c1-2-18-7-3-6-15-19(16,17)13-5-4-11-9-14-10-12(11)8-13/h4-5,8,14-15H,2-3,6-7,9-10H2,1H3. The molecule has 0 atom stereocenters. The van der Waals surface area contributed by atoms with Gasteiger partial charge in [0.15, 0.2) is 0 Å². The van der Waals surface area contributed by atoms with Gasteiger partial charge in [-0.2, -0.15) is 0 Å². The van der Waals surface area contributed by atoms with Crippen LogP contribution < -0.4 is 10.0 Å². The maximum absolute atomic E-state index is 12.1. The van der Waals surface area contributed by atoms with Crippen molar-refractivity contribution < 1.29 is 13.2 Å². The van der Waals surface area contributed by atoms with Crippen molar-refractivity contribution in [1.82, 2.24) is 10.0 Å². The summed E-state index contributed by atoms with van der Waals surface area (Å²) in [6, 6.07) is 5.29. The molecule has 1 heterocycles. The van der Waals surface area contributed by atoms with Gasteiger partial charge in [0, 0.05) is 32.8 Å². The van der Waals surface area contributed by atoms with Gasteiger partial charge in [-0.15, -0.1) is 0 Å². The molecule has 19 heavy (non-hydrogen) atoms. The van der Waals surface area contributed by atoms with E-state index in [9.17, 15) is 8.42 Å². The first-order chi connectivity index (χ1) is 9.13. The lowest BCUT2D eigenvalue weighted by Crippen LogP contribution is -2.25. The third-order valence-corrected chi connectivity index (χ3v) is 4.54. The molecule has 106 valence electrons. The smallest absolute Gasteiger partial charge is 0.240 e. The third kappa shape index (κ3) is 3.76. The van der Waals surface area contributed by atoms with Crippen LogP contribution in [-0.2, 0) is 27.8 Å². The Hall–Kier alpha value is -0.950. The van der Waals surface area contributed by atoms with Gasteiger partial charge in [-0.3, -0.25) is 0 Å². The molecule has 6 heteroatoms. The van der Waals surface area contributed by atoms with Gasteiger partial charge in [-0.25, -0.2) is 13.1 Å². The van der Waals surface area contributed by atoms with Crippen LogP contribution in [-0.4, -0.2) is 28.2 Å². The van der Waals surface area contributed by atoms with Crippen LogP contribution in [0.25, 0.3) is 0 Å². The maximum Gasteiger partial charge on any atom is 0.240 e. The molecule has 0 aromatic heterocycles. The van der Waals surface area contributed by atoms with Crippen LogP contribution in [0, 0.1) is 0 Å². The molecule has 2 N–H and O–H groups in total. The van der Waals surface area contributed by atoms with Gasteiger partial charge in [0.2, 0.25) is 10.0 Å². The number of sulfonamides is 1. The van der Waals surface area contributed by atoms with E-state index in [0.29, 0.717) is 31.1 Å². The second kappa shape index (κ2) is 6.47. The normalized spacial score (nSPS) is 14.6. The molecule has 1 aliphatic heterocycles. The van der Waals surface area contributed by atoms with Crippen molar-refractivity contribution in [3.63, 3.8) is 0 Å². The van der Waals surface area contributed by atoms with Gasteiger partial charge in [0.1, 0.15) is 0 Å². The minimum absolute atomic E-state index is 0.339. The van der Waals surface area contributed by atoms with Gasteiger partial charge in [0.25, 0.3) is 0 Å². The molecule has 0 amide bonds. The Balaban J connectivity index is 1.95. The largest absolute Gasteiger partial charge is 0.382 e. The monoisotopic (exact) mass is 284 g/mol. The number of hydrogen-bond donors (Lipinski definition) is 2. The minimum Gasteiger partial charge on any atom is -0.382 e. The van der Waals surface area contributed by atoms with Crippen LogP contribution in [0.4, 0.5) is 0 Å². The van der Waals surface area contributed by atoms with E-state index in [0.717, 1.165) is 18.7 Å².